The molecule has 0 aromatic rings. The van der Waals surface area contributed by atoms with Crippen molar-refractivity contribution in [1.29, 1.82) is 0 Å². The van der Waals surface area contributed by atoms with Crippen LogP contribution in [0.4, 0.5) is 0 Å². The summed E-state index contributed by atoms with van der Waals surface area (Å²) in [5.74, 6) is -0.858. The lowest BCUT2D eigenvalue weighted by atomic mass is 10.0. The van der Waals surface area contributed by atoms with E-state index in [1.54, 1.807) is 0 Å². The van der Waals surface area contributed by atoms with Crippen LogP contribution in [0.25, 0.3) is 0 Å². The lowest BCUT2D eigenvalue weighted by Gasteiger charge is -2.31. The molecule has 0 aliphatic carbocycles. The predicted molar refractivity (Wildman–Crippen MR) is 48.3 cm³/mol. The third kappa shape index (κ3) is 6.20. The van der Waals surface area contributed by atoms with Crippen LogP contribution in [-0.4, -0.2) is 57.2 Å². The molecule has 4 N–H and O–H groups in total. The van der Waals surface area contributed by atoms with E-state index in [9.17, 15) is 29.4 Å². The lowest BCUT2D eigenvalue weighted by molar-refractivity contribution is -0.343. The quantitative estimate of drug-likeness (QED) is 0.336. The molecule has 0 unspecified atom stereocenters. The number of phosphoric ester groups is 1. The first kappa shape index (κ1) is 16.6. The number of aliphatic hydroxyl groups is 4. The number of Topliss-reactive ketones (excluding diaryl/α,β-unsaturated/α-hetero) is 1. The van der Waals surface area contributed by atoms with Gasteiger partial charge in [0.25, 0.3) is 0 Å². The van der Waals surface area contributed by atoms with Crippen LogP contribution in [0.5, 0.6) is 0 Å². The van der Waals surface area contributed by atoms with Crippen molar-refractivity contribution in [3.63, 3.8) is 0 Å². The van der Waals surface area contributed by atoms with Crippen molar-refractivity contribution in [1.82, 2.24) is 0 Å². The van der Waals surface area contributed by atoms with Crippen molar-refractivity contribution < 1.29 is 44.1 Å². The molecule has 0 aliphatic heterocycles. The summed E-state index contributed by atoms with van der Waals surface area (Å²) in [6, 6.07) is 0. The van der Waals surface area contributed by atoms with Crippen LogP contribution < -0.4 is 9.79 Å². The van der Waals surface area contributed by atoms with Gasteiger partial charge in [-0.05, 0) is 6.92 Å². The van der Waals surface area contributed by atoms with Crippen LogP contribution >= 0.6 is 7.82 Å². The van der Waals surface area contributed by atoms with E-state index in [1.165, 1.54) is 0 Å². The van der Waals surface area contributed by atoms with Crippen LogP contribution in [0.2, 0.25) is 0 Å². The van der Waals surface area contributed by atoms with Gasteiger partial charge < -0.3 is 39.3 Å². The van der Waals surface area contributed by atoms with Gasteiger partial charge >= 0.3 is 0 Å². The monoisotopic (exact) mass is 272 g/mol. The maximum absolute atomic E-state index is 10.7. The minimum atomic E-state index is -5.31. The Kier molecular flexibility index (Phi) is 6.38. The van der Waals surface area contributed by atoms with Crippen LogP contribution in [0, 0.1) is 0 Å². The largest absolute Gasteiger partial charge is 0.790 e. The van der Waals surface area contributed by atoms with Gasteiger partial charge in [-0.1, -0.05) is 0 Å². The van der Waals surface area contributed by atoms with Gasteiger partial charge in [0, 0.05) is 0 Å². The third-order valence-electron chi connectivity index (χ3n) is 1.89. The third-order valence-corrected chi connectivity index (χ3v) is 2.35. The first-order valence-electron chi connectivity index (χ1n) is 4.45. The van der Waals surface area contributed by atoms with Gasteiger partial charge in [0.05, 0.1) is 14.4 Å². The molecular weight excluding hydrogens is 259 g/mol. The van der Waals surface area contributed by atoms with E-state index < -0.39 is 44.6 Å². The molecule has 0 radical (unpaired) electrons. The minimum Gasteiger partial charge on any atom is -0.790 e. The molecule has 0 saturated heterocycles. The summed E-state index contributed by atoms with van der Waals surface area (Å²) in [5, 5.41) is 36.6. The molecule has 0 spiro atoms. The first-order valence-corrected chi connectivity index (χ1v) is 5.91. The molecule has 0 rings (SSSR count). The number of carbonyl (C=O) groups is 1. The molecule has 9 nitrogen and oxygen atoms in total. The van der Waals surface area contributed by atoms with Crippen molar-refractivity contribution in [2.75, 3.05) is 6.61 Å². The van der Waals surface area contributed by atoms with Gasteiger partial charge in [-0.25, -0.2) is 0 Å². The van der Waals surface area contributed by atoms with E-state index in [4.69, 9.17) is 10.2 Å². The van der Waals surface area contributed by atoms with Crippen LogP contribution in [0.3, 0.4) is 0 Å². The van der Waals surface area contributed by atoms with Gasteiger partial charge in [0.2, 0.25) is 0 Å². The highest BCUT2D eigenvalue weighted by molar-refractivity contribution is 7.43. The Balaban J connectivity index is 4.34. The average molecular weight is 272 g/mol. The van der Waals surface area contributed by atoms with E-state index in [-0.39, 0.29) is 0 Å². The van der Waals surface area contributed by atoms with Crippen LogP contribution in [0.1, 0.15) is 6.92 Å². The van der Waals surface area contributed by atoms with Crippen LogP contribution in [0.15, 0.2) is 0 Å². The molecule has 0 aromatic carbocycles. The van der Waals surface area contributed by atoms with Gasteiger partial charge in [-0.2, -0.15) is 0 Å². The molecule has 17 heavy (non-hydrogen) atoms. The highest BCUT2D eigenvalue weighted by Gasteiger charge is 2.32. The summed E-state index contributed by atoms with van der Waals surface area (Å²) >= 11 is 0. The fourth-order valence-electron chi connectivity index (χ4n) is 0.921. The van der Waals surface area contributed by atoms with Gasteiger partial charge in [0.1, 0.15) is 24.4 Å². The van der Waals surface area contributed by atoms with E-state index in [0.717, 1.165) is 6.92 Å². The number of aliphatic hydroxyl groups excluding tert-OH is 4. The molecular formula is C7H13O9P-2. The van der Waals surface area contributed by atoms with Crippen molar-refractivity contribution in [3.05, 3.63) is 0 Å². The number of carbonyl (C=O) groups excluding carboxylic acids is 1. The smallest absolute Gasteiger partial charge is 0.160 e. The van der Waals surface area contributed by atoms with Crippen molar-refractivity contribution in [3.8, 4) is 0 Å². The van der Waals surface area contributed by atoms with Gasteiger partial charge in [-0.3, -0.25) is 4.79 Å². The zero-order valence-corrected chi connectivity index (χ0v) is 9.69. The second-order valence-corrected chi connectivity index (χ2v) is 4.50. The molecule has 0 aliphatic rings. The molecule has 4 atom stereocenters. The maximum Gasteiger partial charge on any atom is 0.160 e. The van der Waals surface area contributed by atoms with E-state index >= 15 is 0 Å². The summed E-state index contributed by atoms with van der Waals surface area (Å²) in [6.45, 7) is -0.153. The molecule has 10 heteroatoms. The average Bonchev–Trinajstić information content (AvgIpc) is 2.21. The maximum atomic E-state index is 10.7. The molecule has 102 valence electrons. The van der Waals surface area contributed by atoms with E-state index in [1.807, 2.05) is 0 Å². The summed E-state index contributed by atoms with van der Waals surface area (Å²) in [7, 11) is -5.31. The van der Waals surface area contributed by atoms with Crippen molar-refractivity contribution in [2.24, 2.45) is 0 Å². The Morgan fingerprint density at radius 3 is 2.06 bits per heavy atom. The van der Waals surface area contributed by atoms with Gasteiger partial charge in [0.15, 0.2) is 5.78 Å². The van der Waals surface area contributed by atoms with Crippen molar-refractivity contribution in [2.45, 2.75) is 31.3 Å². The first-order chi connectivity index (χ1) is 7.56. The second-order valence-electron chi connectivity index (χ2n) is 3.35. The standard InChI is InChI=1S/C7H15O9P/c1-3(8)5(10)7(12)6(11)4(9)2-16-17(13,14)15/h4-7,9-12H,2H2,1H3,(H2,13,14,15)/p-2/t4-,5-,6-,7+/m1/s1. The summed E-state index contributed by atoms with van der Waals surface area (Å²) in [6.07, 6.45) is -7.95. The number of hydrogen-bond acceptors (Lipinski definition) is 9. The summed E-state index contributed by atoms with van der Waals surface area (Å²) in [5.41, 5.74) is 0. The number of phosphoric acid groups is 1. The van der Waals surface area contributed by atoms with Crippen LogP contribution in [-0.2, 0) is 13.9 Å². The molecule has 0 heterocycles. The SMILES string of the molecule is CC(=O)[C@@H](O)[C@H](O)[C@H](O)[C@H](O)COP(=O)([O-])[O-]. The lowest BCUT2D eigenvalue weighted by Crippen LogP contribution is -2.48. The van der Waals surface area contributed by atoms with E-state index in [2.05, 4.69) is 4.52 Å². The minimum absolute atomic E-state index is 0.858. The number of rotatable bonds is 7. The Bertz CT molecular complexity index is 300. The highest BCUT2D eigenvalue weighted by atomic mass is 31.2. The molecule has 0 aromatic heterocycles. The van der Waals surface area contributed by atoms with E-state index in [0.29, 0.717) is 0 Å². The highest BCUT2D eigenvalue weighted by Crippen LogP contribution is 2.25. The summed E-state index contributed by atoms with van der Waals surface area (Å²) < 4.78 is 13.7. The Morgan fingerprint density at radius 1 is 1.24 bits per heavy atom. The zero-order chi connectivity index (χ0) is 13.8. The fourth-order valence-corrected chi connectivity index (χ4v) is 1.26. The normalized spacial score (nSPS) is 19.5. The second kappa shape index (κ2) is 6.53. The molecule has 0 saturated carbocycles. The van der Waals surface area contributed by atoms with Crippen molar-refractivity contribution >= 4 is 13.6 Å². The Morgan fingerprint density at radius 2 is 1.71 bits per heavy atom. The number of ketones is 1. The molecule has 0 fully saturated rings. The van der Waals surface area contributed by atoms with Gasteiger partial charge in [-0.15, -0.1) is 0 Å². The Labute approximate surface area is 96.5 Å². The topological polar surface area (TPSA) is 170 Å². The Hall–Kier alpha value is -0.380. The fraction of sp³-hybridized carbons (Fsp3) is 0.857. The summed E-state index contributed by atoms with van der Waals surface area (Å²) in [4.78, 5) is 30.8. The molecule has 0 amide bonds. The predicted octanol–water partition coefficient (Wildman–Crippen LogP) is -4.14. The number of hydrogen-bond donors (Lipinski definition) is 4. The zero-order valence-electron chi connectivity index (χ0n) is 8.79. The molecule has 0 bridgehead atoms.